The first-order valence-corrected chi connectivity index (χ1v) is 27.5. The van der Waals surface area contributed by atoms with Crippen molar-refractivity contribution in [2.45, 2.75) is 160 Å². The predicted octanol–water partition coefficient (Wildman–Crippen LogP) is -0.499. The van der Waals surface area contributed by atoms with Crippen molar-refractivity contribution in [3.05, 3.63) is 57.7 Å². The van der Waals surface area contributed by atoms with Crippen molar-refractivity contribution in [3.63, 3.8) is 0 Å². The second-order valence-corrected chi connectivity index (χ2v) is 21.0. The Morgan fingerprint density at radius 3 is 2.18 bits per heavy atom. The number of aliphatic carboxylic acids is 2. The average Bonchev–Trinajstić information content (AvgIpc) is 4.40. The summed E-state index contributed by atoms with van der Waals surface area (Å²) in [5.74, 6) is -9.59. The fraction of sp³-hybridized carbons (Fsp3) is 0.558. The largest absolute Gasteiger partial charge is 0.508 e. The van der Waals surface area contributed by atoms with E-state index >= 15 is 0 Å². The number of carbonyl (C=O) groups is 11. The summed E-state index contributed by atoms with van der Waals surface area (Å²) in [6.45, 7) is 8.24. The predicted molar refractivity (Wildman–Crippen MR) is 293 cm³/mol. The van der Waals surface area contributed by atoms with Crippen LogP contribution in [-0.2, 0) is 59.0 Å². The molecule has 1 aromatic carbocycles. The number of rotatable bonds is 30. The molecule has 0 saturated carbocycles. The highest BCUT2D eigenvalue weighted by Gasteiger charge is 2.48. The first kappa shape index (κ1) is 66.1. The van der Waals surface area contributed by atoms with Gasteiger partial charge in [0, 0.05) is 50.7 Å². The second kappa shape index (κ2) is 31.6. The van der Waals surface area contributed by atoms with Gasteiger partial charge in [-0.25, -0.2) is 19.4 Å². The smallest absolute Gasteiger partial charge is 0.329 e. The number of aromatic nitrogens is 1. The van der Waals surface area contributed by atoms with E-state index in [0.29, 0.717) is 23.4 Å². The summed E-state index contributed by atoms with van der Waals surface area (Å²) in [5, 5.41) is 43.1. The van der Waals surface area contributed by atoms with Gasteiger partial charge >= 0.3 is 29.9 Å². The molecule has 0 radical (unpaired) electrons. The summed E-state index contributed by atoms with van der Waals surface area (Å²) in [5.41, 5.74) is 22.6. The van der Waals surface area contributed by atoms with Crippen LogP contribution >= 0.6 is 11.3 Å². The van der Waals surface area contributed by atoms with Crippen LogP contribution in [0.15, 0.2) is 46.4 Å². The topological polar surface area (TPSA) is 463 Å². The maximum atomic E-state index is 14.5. The van der Waals surface area contributed by atoms with Crippen LogP contribution < -0.4 is 49.5 Å². The molecule has 16 N–H and O–H groups in total. The number of guanidine groups is 1. The molecule has 8 amide bonds. The Morgan fingerprint density at radius 1 is 0.878 bits per heavy atom. The number of aromatic hydroxyl groups is 1. The number of carbonyl (C=O) groups excluding carboxylic acids is 9. The SMILES string of the molecule is C/C=C(\NC(=O)N[C@@H](Cc1ccc(O)cc1)C(=O)O)C(=O)N[C@@H](C)C(=O)N[C@@H](CCCN=C(N)N)C(=O)N1CCC[C@H]1c1nc(C(=O)N[C@@H](CCC(N)=O)C(=O)OC(CC(=O)O)C2C(OC(=O)CC)CCN2C(=O)[C@@H](N)CC(C)C)cs1. The maximum Gasteiger partial charge on any atom is 0.329 e. The Morgan fingerprint density at radius 2 is 1.57 bits per heavy atom. The van der Waals surface area contributed by atoms with E-state index in [0.717, 1.165) is 11.3 Å². The van der Waals surface area contributed by atoms with Crippen LogP contribution in [0.1, 0.15) is 126 Å². The maximum absolute atomic E-state index is 14.5. The van der Waals surface area contributed by atoms with E-state index in [1.165, 1.54) is 66.3 Å². The summed E-state index contributed by atoms with van der Waals surface area (Å²) in [6.07, 6.45) is -2.05. The zero-order valence-corrected chi connectivity index (χ0v) is 47.1. The number of urea groups is 1. The molecule has 2 aromatic rings. The number of nitrogens with two attached hydrogens (primary N) is 4. The molecule has 0 aliphatic carbocycles. The molecule has 2 aliphatic heterocycles. The molecule has 9 atom stereocenters. The molecule has 2 aliphatic rings. The molecule has 3 unspecified atom stereocenters. The summed E-state index contributed by atoms with van der Waals surface area (Å²) >= 11 is 1.01. The Kier molecular flexibility index (Phi) is 25.4. The molecule has 29 nitrogen and oxygen atoms in total. The number of hydrogen-bond acceptors (Lipinski definition) is 18. The number of carboxylic acids is 2. The van der Waals surface area contributed by atoms with Crippen LogP contribution in [0.5, 0.6) is 5.75 Å². The van der Waals surface area contributed by atoms with Crippen molar-refractivity contribution in [2.24, 2.45) is 33.8 Å². The lowest BCUT2D eigenvalue weighted by molar-refractivity contribution is -0.167. The van der Waals surface area contributed by atoms with Gasteiger partial charge in [0.2, 0.25) is 23.6 Å². The fourth-order valence-electron chi connectivity index (χ4n) is 9.16. The van der Waals surface area contributed by atoms with Crippen LogP contribution in [-0.4, -0.2) is 170 Å². The van der Waals surface area contributed by atoms with E-state index in [-0.39, 0.29) is 87.2 Å². The first-order chi connectivity index (χ1) is 38.7. The standard InChI is InChI=1S/C52H75N13O16S/c1-6-31(62-52(79)63-34(49(76)77)23-28-12-14-29(66)15-13-28)44(72)58-27(5)43(71)59-32(10-8-19-57-51(55)56)48(75)64-20-9-11-36(64)46-61-35(25-82-46)45(73)60-33(16-17-39(54)67)50(78)81-38(24-40(68)69)42-37(80-41(70)7-2)18-21-65(42)47(74)30(53)22-26(3)4/h6,12-15,25-27,30,32-34,36-38,42,66H,7-11,16-24,53H2,1-5H3,(H2,54,67)(H,58,72)(H,59,71)(H,60,73)(H,68,69)(H,76,77)(H4,55,56,57)(H2,62,63,79)/b31-6-/t27-,30-,32-,33-,34-,36-,37?,38?,42?/m0/s1. The quantitative estimate of drug-likeness (QED) is 0.0154. The summed E-state index contributed by atoms with van der Waals surface area (Å²) in [4.78, 5) is 156. The number of hydrogen-bond donors (Lipinski definition) is 12. The van der Waals surface area contributed by atoms with Gasteiger partial charge in [0.05, 0.1) is 18.5 Å². The normalized spacial score (nSPS) is 18.1. The Bertz CT molecular complexity index is 2700. The molecule has 0 spiro atoms. The van der Waals surface area contributed by atoms with Crippen LogP contribution in [0.25, 0.3) is 0 Å². The van der Waals surface area contributed by atoms with E-state index in [2.05, 4.69) is 36.6 Å². The van der Waals surface area contributed by atoms with E-state index in [4.69, 9.17) is 32.4 Å². The monoisotopic (exact) mass is 1170 g/mol. The zero-order valence-electron chi connectivity index (χ0n) is 46.3. The van der Waals surface area contributed by atoms with Crippen molar-refractivity contribution in [2.75, 3.05) is 19.6 Å². The summed E-state index contributed by atoms with van der Waals surface area (Å²) in [7, 11) is 0. The zero-order chi connectivity index (χ0) is 61.0. The van der Waals surface area contributed by atoms with Crippen LogP contribution in [0.3, 0.4) is 0 Å². The van der Waals surface area contributed by atoms with E-state index < -0.39 is 139 Å². The van der Waals surface area contributed by atoms with Gasteiger partial charge in [-0.1, -0.05) is 39.0 Å². The second-order valence-electron chi connectivity index (χ2n) is 20.1. The number of nitrogens with one attached hydrogen (secondary N) is 5. The molecule has 450 valence electrons. The van der Waals surface area contributed by atoms with Crippen LogP contribution in [0, 0.1) is 5.92 Å². The Labute approximate surface area is 476 Å². The number of carboxylic acid groups (broad SMARTS) is 2. The Balaban J connectivity index is 1.50. The van der Waals surface area contributed by atoms with Gasteiger partial charge in [0.1, 0.15) is 64.6 Å². The van der Waals surface area contributed by atoms with Crippen molar-refractivity contribution >= 4 is 82.6 Å². The summed E-state index contributed by atoms with van der Waals surface area (Å²) < 4.78 is 11.4. The molecule has 2 saturated heterocycles. The number of likely N-dealkylation sites (tertiary alicyclic amines) is 2. The van der Waals surface area contributed by atoms with Gasteiger partial charge in [-0.05, 0) is 76.0 Å². The summed E-state index contributed by atoms with van der Waals surface area (Å²) in [6, 6.07) is -4.02. The minimum Gasteiger partial charge on any atom is -0.508 e. The lowest BCUT2D eigenvalue weighted by atomic mass is 9.99. The highest BCUT2D eigenvalue weighted by atomic mass is 32.1. The molecule has 4 rings (SSSR count). The van der Waals surface area contributed by atoms with E-state index in [9.17, 15) is 68.1 Å². The van der Waals surface area contributed by atoms with Crippen LogP contribution in [0.4, 0.5) is 4.79 Å². The number of esters is 2. The number of benzene rings is 1. The van der Waals surface area contributed by atoms with E-state index in [1.54, 1.807) is 0 Å². The lowest BCUT2D eigenvalue weighted by Crippen LogP contribution is -2.55. The number of phenols is 1. The minimum absolute atomic E-state index is 0.00127. The number of aliphatic imine (C=N–C) groups is 1. The molecule has 82 heavy (non-hydrogen) atoms. The number of ether oxygens (including phenoxy) is 2. The van der Waals surface area contributed by atoms with E-state index in [1.807, 2.05) is 13.8 Å². The third-order valence-corrected chi connectivity index (χ3v) is 14.2. The third kappa shape index (κ3) is 20.0. The molecule has 2 fully saturated rings. The number of thiazole rings is 1. The highest BCUT2D eigenvalue weighted by molar-refractivity contribution is 7.10. The molecule has 0 bridgehead atoms. The lowest BCUT2D eigenvalue weighted by Gasteiger charge is -2.35. The highest BCUT2D eigenvalue weighted by Crippen LogP contribution is 2.35. The number of primary amides is 1. The number of nitrogens with zero attached hydrogens (tertiary/aromatic N) is 4. The van der Waals surface area contributed by atoms with Gasteiger partial charge in [0.25, 0.3) is 11.8 Å². The number of allylic oxidation sites excluding steroid dienone is 1. The van der Waals surface area contributed by atoms with Crippen molar-refractivity contribution < 1.29 is 77.5 Å². The van der Waals surface area contributed by atoms with Gasteiger partial charge in [-0.15, -0.1) is 11.3 Å². The van der Waals surface area contributed by atoms with Gasteiger partial charge in [0.15, 0.2) is 5.96 Å². The van der Waals surface area contributed by atoms with Crippen molar-refractivity contribution in [3.8, 4) is 5.75 Å². The Hall–Kier alpha value is -8.41. The molecule has 30 heteroatoms. The molecular formula is C52H75N13O16S. The fourth-order valence-corrected chi connectivity index (χ4v) is 10.1. The number of phenolic OH excluding ortho intramolecular Hbond substituents is 1. The number of amides is 8. The average molecular weight is 1170 g/mol. The molecule has 1 aromatic heterocycles. The first-order valence-electron chi connectivity index (χ1n) is 26.7. The minimum atomic E-state index is -1.63. The van der Waals surface area contributed by atoms with Crippen molar-refractivity contribution in [1.29, 1.82) is 0 Å². The third-order valence-electron chi connectivity index (χ3n) is 13.2. The van der Waals surface area contributed by atoms with Gasteiger partial charge < -0.3 is 84.1 Å². The van der Waals surface area contributed by atoms with Gasteiger partial charge in [-0.3, -0.25) is 43.3 Å². The van der Waals surface area contributed by atoms with Crippen LogP contribution in [0.2, 0.25) is 0 Å². The van der Waals surface area contributed by atoms with Gasteiger partial charge in [-0.2, -0.15) is 0 Å². The van der Waals surface area contributed by atoms with Crippen molar-refractivity contribution in [1.82, 2.24) is 41.4 Å². The molecule has 3 heterocycles. The molecular weight excluding hydrogens is 1090 g/mol.